The summed E-state index contributed by atoms with van der Waals surface area (Å²) in [5.41, 5.74) is 1.31. The Balaban J connectivity index is 1.73. The predicted octanol–water partition coefficient (Wildman–Crippen LogP) is 2.77. The minimum Gasteiger partial charge on any atom is -0.469 e. The van der Waals surface area contributed by atoms with Gasteiger partial charge >= 0.3 is 5.97 Å². The number of methoxy groups -OCH3 is 1. The van der Waals surface area contributed by atoms with Crippen molar-refractivity contribution in [1.29, 1.82) is 0 Å². The number of hydrogen-bond donors (Lipinski definition) is 1. The van der Waals surface area contributed by atoms with Crippen LogP contribution in [0.5, 0.6) is 0 Å². The number of esters is 1. The fraction of sp³-hybridized carbons (Fsp3) is 0.455. The van der Waals surface area contributed by atoms with Gasteiger partial charge < -0.3 is 15.0 Å². The Kier molecular flexibility index (Phi) is 6.45. The van der Waals surface area contributed by atoms with Crippen LogP contribution in [0.1, 0.15) is 25.3 Å². The fourth-order valence-electron chi connectivity index (χ4n) is 4.02. The van der Waals surface area contributed by atoms with E-state index in [0.29, 0.717) is 6.54 Å². The first kappa shape index (κ1) is 19.4. The van der Waals surface area contributed by atoms with E-state index in [9.17, 15) is 9.59 Å². The highest BCUT2D eigenvalue weighted by Crippen LogP contribution is 2.22. The molecule has 0 unspecified atom stereocenters. The lowest BCUT2D eigenvalue weighted by Gasteiger charge is -2.26. The second-order valence-electron chi connectivity index (χ2n) is 7.34. The molecule has 5 heteroatoms. The number of nitrogens with one attached hydrogen (secondary N) is 1. The normalized spacial score (nSPS) is 20.8. The molecule has 27 heavy (non-hydrogen) atoms. The van der Waals surface area contributed by atoms with Crippen LogP contribution >= 0.6 is 0 Å². The quantitative estimate of drug-likeness (QED) is 0.825. The van der Waals surface area contributed by atoms with Crippen molar-refractivity contribution < 1.29 is 14.3 Å². The maximum Gasteiger partial charge on any atom is 0.309 e. The number of rotatable bonds is 5. The van der Waals surface area contributed by atoms with Gasteiger partial charge in [-0.25, -0.2) is 0 Å². The molecule has 0 saturated carbocycles. The third-order valence-electron chi connectivity index (χ3n) is 5.34. The lowest BCUT2D eigenvalue weighted by molar-refractivity contribution is -0.146. The summed E-state index contributed by atoms with van der Waals surface area (Å²) in [5.74, 6) is -0.319. The van der Waals surface area contributed by atoms with Gasteiger partial charge in [-0.05, 0) is 35.6 Å². The summed E-state index contributed by atoms with van der Waals surface area (Å²) in [6.07, 6.45) is 2.44. The van der Waals surface area contributed by atoms with Crippen molar-refractivity contribution >= 4 is 22.6 Å². The Morgan fingerprint density at radius 3 is 2.67 bits per heavy atom. The molecule has 1 heterocycles. The first-order valence-electron chi connectivity index (χ1n) is 9.60. The van der Waals surface area contributed by atoms with Crippen LogP contribution in [0.15, 0.2) is 42.5 Å². The first-order valence-corrected chi connectivity index (χ1v) is 9.60. The molecule has 1 saturated heterocycles. The molecule has 1 amide bonds. The first-order chi connectivity index (χ1) is 13.1. The van der Waals surface area contributed by atoms with Gasteiger partial charge in [0.05, 0.1) is 13.0 Å². The van der Waals surface area contributed by atoms with E-state index < -0.39 is 0 Å². The van der Waals surface area contributed by atoms with Crippen molar-refractivity contribution in [2.45, 2.75) is 32.2 Å². The molecule has 3 rings (SSSR count). The number of ether oxygens (including phenoxy) is 1. The maximum atomic E-state index is 12.1. The van der Waals surface area contributed by atoms with E-state index in [1.165, 1.54) is 23.4 Å². The molecule has 2 aromatic carbocycles. The van der Waals surface area contributed by atoms with Gasteiger partial charge in [0.1, 0.15) is 0 Å². The molecule has 1 N–H and O–H groups in total. The summed E-state index contributed by atoms with van der Waals surface area (Å²) in [7, 11) is 1.44. The largest absolute Gasteiger partial charge is 0.469 e. The lowest BCUT2D eigenvalue weighted by Crippen LogP contribution is -2.43. The van der Waals surface area contributed by atoms with Crippen LogP contribution < -0.4 is 5.32 Å². The monoisotopic (exact) mass is 368 g/mol. The molecule has 0 aliphatic carbocycles. The Labute approximate surface area is 160 Å². The number of fused-ring (bicyclic) bond motifs is 1. The molecule has 1 fully saturated rings. The molecule has 0 bridgehead atoms. The number of likely N-dealkylation sites (tertiary alicyclic amines) is 1. The molecule has 5 nitrogen and oxygen atoms in total. The Morgan fingerprint density at radius 2 is 1.89 bits per heavy atom. The van der Waals surface area contributed by atoms with Crippen LogP contribution in [0.4, 0.5) is 0 Å². The molecular formula is C22H28N2O3. The lowest BCUT2D eigenvalue weighted by atomic mass is 10.0. The van der Waals surface area contributed by atoms with Gasteiger partial charge in [0.2, 0.25) is 5.91 Å². The summed E-state index contributed by atoms with van der Waals surface area (Å²) >= 11 is 0. The van der Waals surface area contributed by atoms with Crippen molar-refractivity contribution in [3.05, 3.63) is 48.0 Å². The summed E-state index contributed by atoms with van der Waals surface area (Å²) in [6.45, 7) is 3.83. The van der Waals surface area contributed by atoms with E-state index in [2.05, 4.69) is 52.7 Å². The summed E-state index contributed by atoms with van der Waals surface area (Å²) in [5, 5.41) is 5.54. The summed E-state index contributed by atoms with van der Waals surface area (Å²) < 4.78 is 4.98. The van der Waals surface area contributed by atoms with E-state index in [0.717, 1.165) is 32.4 Å². The SMILES string of the molecule is COC(=O)[C@H]1CC[C@@H](NC(C)=O)CN(CCc2cccc3ccccc23)C1. The molecule has 2 aromatic rings. The third kappa shape index (κ3) is 5.07. The number of carbonyl (C=O) groups is 2. The zero-order valence-corrected chi connectivity index (χ0v) is 16.1. The van der Waals surface area contributed by atoms with Gasteiger partial charge in [-0.3, -0.25) is 9.59 Å². The molecule has 1 aliphatic heterocycles. The molecule has 0 aromatic heterocycles. The number of benzene rings is 2. The fourth-order valence-corrected chi connectivity index (χ4v) is 4.02. The minimum absolute atomic E-state index is 0.0227. The Hall–Kier alpha value is -2.40. The van der Waals surface area contributed by atoms with Crippen LogP contribution in [-0.4, -0.2) is 49.6 Å². The molecule has 0 spiro atoms. The zero-order chi connectivity index (χ0) is 19.2. The second kappa shape index (κ2) is 9.00. The highest BCUT2D eigenvalue weighted by Gasteiger charge is 2.29. The van der Waals surface area contributed by atoms with Gasteiger partial charge in [0.25, 0.3) is 0 Å². The van der Waals surface area contributed by atoms with Gasteiger partial charge in [-0.15, -0.1) is 0 Å². The molecular weight excluding hydrogens is 340 g/mol. The number of hydrogen-bond acceptors (Lipinski definition) is 4. The number of amides is 1. The average molecular weight is 368 g/mol. The smallest absolute Gasteiger partial charge is 0.309 e. The maximum absolute atomic E-state index is 12.1. The van der Waals surface area contributed by atoms with Gasteiger partial charge in [-0.1, -0.05) is 42.5 Å². The van der Waals surface area contributed by atoms with Crippen molar-refractivity contribution in [3.8, 4) is 0 Å². The summed E-state index contributed by atoms with van der Waals surface area (Å²) in [6, 6.07) is 14.9. The third-order valence-corrected chi connectivity index (χ3v) is 5.34. The van der Waals surface area contributed by atoms with E-state index in [1.54, 1.807) is 6.92 Å². The van der Waals surface area contributed by atoms with Gasteiger partial charge in [0.15, 0.2) is 0 Å². The van der Waals surface area contributed by atoms with E-state index in [4.69, 9.17) is 4.74 Å². The van der Waals surface area contributed by atoms with Crippen LogP contribution in [-0.2, 0) is 20.7 Å². The van der Waals surface area contributed by atoms with Crippen molar-refractivity contribution in [1.82, 2.24) is 10.2 Å². The highest BCUT2D eigenvalue weighted by molar-refractivity contribution is 5.85. The number of carbonyl (C=O) groups excluding carboxylic acids is 2. The van der Waals surface area contributed by atoms with Crippen LogP contribution in [0.3, 0.4) is 0 Å². The van der Waals surface area contributed by atoms with E-state index in [-0.39, 0.29) is 23.8 Å². The van der Waals surface area contributed by atoms with Crippen LogP contribution in [0.25, 0.3) is 10.8 Å². The van der Waals surface area contributed by atoms with Crippen molar-refractivity contribution in [2.24, 2.45) is 5.92 Å². The Morgan fingerprint density at radius 1 is 1.11 bits per heavy atom. The topological polar surface area (TPSA) is 58.6 Å². The second-order valence-corrected chi connectivity index (χ2v) is 7.34. The predicted molar refractivity (Wildman–Crippen MR) is 106 cm³/mol. The Bertz CT molecular complexity index is 800. The van der Waals surface area contributed by atoms with Crippen LogP contribution in [0, 0.1) is 5.92 Å². The molecule has 144 valence electrons. The zero-order valence-electron chi connectivity index (χ0n) is 16.1. The van der Waals surface area contributed by atoms with Crippen molar-refractivity contribution in [2.75, 3.05) is 26.7 Å². The van der Waals surface area contributed by atoms with Gasteiger partial charge in [-0.2, -0.15) is 0 Å². The molecule has 0 radical (unpaired) electrons. The van der Waals surface area contributed by atoms with Crippen LogP contribution in [0.2, 0.25) is 0 Å². The van der Waals surface area contributed by atoms with Crippen molar-refractivity contribution in [3.63, 3.8) is 0 Å². The summed E-state index contributed by atoms with van der Waals surface area (Å²) in [4.78, 5) is 25.9. The number of nitrogens with zero attached hydrogens (tertiary/aromatic N) is 1. The highest BCUT2D eigenvalue weighted by atomic mass is 16.5. The van der Waals surface area contributed by atoms with E-state index >= 15 is 0 Å². The minimum atomic E-state index is -0.159. The van der Waals surface area contributed by atoms with Gasteiger partial charge in [0, 0.05) is 32.6 Å². The molecule has 1 aliphatic rings. The van der Waals surface area contributed by atoms with E-state index in [1.807, 2.05) is 0 Å². The molecule has 2 atom stereocenters. The average Bonchev–Trinajstić information content (AvgIpc) is 2.87. The standard InChI is InChI=1S/C22H28N2O3/c1-16(25)23-20-11-10-19(22(26)27-2)14-24(15-20)13-12-18-8-5-7-17-6-3-4-9-21(17)18/h3-9,19-20H,10-15H2,1-2H3,(H,23,25)/t19-,20+/m0/s1.